The van der Waals surface area contributed by atoms with Crippen molar-refractivity contribution in [1.29, 1.82) is 0 Å². The highest BCUT2D eigenvalue weighted by atomic mass is 16.5. The van der Waals surface area contributed by atoms with Gasteiger partial charge in [0.25, 0.3) is 0 Å². The van der Waals surface area contributed by atoms with Crippen molar-refractivity contribution in [2.45, 2.75) is 46.0 Å². The van der Waals surface area contributed by atoms with E-state index in [0.717, 1.165) is 42.9 Å². The summed E-state index contributed by atoms with van der Waals surface area (Å²) >= 11 is 0. The molecular weight excluding hydrogens is 316 g/mol. The van der Waals surface area contributed by atoms with Crippen molar-refractivity contribution in [3.63, 3.8) is 0 Å². The number of nitrogens with one attached hydrogen (secondary N) is 1. The number of aryl methyl sites for hydroxylation is 1. The highest BCUT2D eigenvalue weighted by Gasteiger charge is 2.24. The highest BCUT2D eigenvalue weighted by Crippen LogP contribution is 2.27. The van der Waals surface area contributed by atoms with E-state index in [1.807, 2.05) is 23.1 Å². The lowest BCUT2D eigenvalue weighted by Crippen LogP contribution is -2.42. The van der Waals surface area contributed by atoms with Gasteiger partial charge in [0.15, 0.2) is 0 Å². The van der Waals surface area contributed by atoms with Crippen LogP contribution in [0.4, 0.5) is 5.69 Å². The molecule has 1 saturated heterocycles. The summed E-state index contributed by atoms with van der Waals surface area (Å²) in [7, 11) is 0. The second kappa shape index (κ2) is 7.89. The zero-order valence-electron chi connectivity index (χ0n) is 15.2. The number of rotatable bonds is 5. The van der Waals surface area contributed by atoms with Gasteiger partial charge in [0.1, 0.15) is 5.75 Å². The van der Waals surface area contributed by atoms with Gasteiger partial charge in [-0.05, 0) is 54.9 Å². The molecule has 2 aliphatic heterocycles. The summed E-state index contributed by atoms with van der Waals surface area (Å²) in [5.41, 5.74) is 2.00. The fourth-order valence-electron chi connectivity index (χ4n) is 3.89. The molecule has 1 aromatic rings. The van der Waals surface area contributed by atoms with Crippen molar-refractivity contribution in [2.75, 3.05) is 25.0 Å². The number of carbonyl (C=O) groups is 2. The number of hydrogen-bond acceptors (Lipinski definition) is 3. The number of anilines is 1. The number of carbonyl (C=O) groups excluding carboxylic acids is 2. The topological polar surface area (TPSA) is 58.6 Å². The lowest BCUT2D eigenvalue weighted by molar-refractivity contribution is -0.134. The molecule has 3 rings (SSSR count). The average molecular weight is 344 g/mol. The molecule has 0 spiro atoms. The standard InChI is InChI=1S/C20H28N2O3/c1-14-10-15(2)13-22(12-14)20(24)4-3-9-25-17-6-7-18-16(11-17)5-8-19(23)21-18/h6-7,11,14-15H,3-5,8-10,12-13H2,1-2H3,(H,21,23). The van der Waals surface area contributed by atoms with Gasteiger partial charge in [-0.15, -0.1) is 0 Å². The number of ether oxygens (including phenoxy) is 1. The first-order valence-corrected chi connectivity index (χ1v) is 9.34. The van der Waals surface area contributed by atoms with Gasteiger partial charge < -0.3 is 15.0 Å². The number of fused-ring (bicyclic) bond motifs is 1. The summed E-state index contributed by atoms with van der Waals surface area (Å²) < 4.78 is 5.80. The smallest absolute Gasteiger partial charge is 0.224 e. The van der Waals surface area contributed by atoms with Crippen LogP contribution in [-0.4, -0.2) is 36.4 Å². The molecule has 1 fully saturated rings. The Morgan fingerprint density at radius 3 is 2.76 bits per heavy atom. The Morgan fingerprint density at radius 2 is 2.00 bits per heavy atom. The summed E-state index contributed by atoms with van der Waals surface area (Å²) in [6.07, 6.45) is 3.76. The fourth-order valence-corrected chi connectivity index (χ4v) is 3.89. The van der Waals surface area contributed by atoms with Gasteiger partial charge in [-0.2, -0.15) is 0 Å². The van der Waals surface area contributed by atoms with Crippen LogP contribution >= 0.6 is 0 Å². The molecule has 0 radical (unpaired) electrons. The molecule has 1 aromatic carbocycles. The maximum Gasteiger partial charge on any atom is 0.224 e. The lowest BCUT2D eigenvalue weighted by Gasteiger charge is -2.35. The van der Waals surface area contributed by atoms with E-state index < -0.39 is 0 Å². The Morgan fingerprint density at radius 1 is 1.24 bits per heavy atom. The Balaban J connectivity index is 1.42. The first kappa shape index (κ1) is 17.8. The van der Waals surface area contributed by atoms with Gasteiger partial charge in [0.05, 0.1) is 6.61 Å². The molecule has 2 aliphatic rings. The third-order valence-electron chi connectivity index (χ3n) is 5.00. The minimum Gasteiger partial charge on any atom is -0.494 e. The normalized spacial score (nSPS) is 23.0. The fraction of sp³-hybridized carbons (Fsp3) is 0.600. The molecule has 2 atom stereocenters. The molecule has 0 aliphatic carbocycles. The minimum atomic E-state index is 0.0704. The molecule has 0 saturated carbocycles. The molecule has 25 heavy (non-hydrogen) atoms. The molecule has 2 amide bonds. The van der Waals surface area contributed by atoms with Crippen LogP contribution in [0.15, 0.2) is 18.2 Å². The predicted octanol–water partition coefficient (Wildman–Crippen LogP) is 3.23. The third kappa shape index (κ3) is 4.74. The highest BCUT2D eigenvalue weighted by molar-refractivity contribution is 5.94. The number of piperidine rings is 1. The van der Waals surface area contributed by atoms with Crippen LogP contribution < -0.4 is 10.1 Å². The number of amides is 2. The van der Waals surface area contributed by atoms with E-state index in [-0.39, 0.29) is 11.8 Å². The zero-order chi connectivity index (χ0) is 17.8. The number of benzene rings is 1. The van der Waals surface area contributed by atoms with E-state index in [1.54, 1.807) is 0 Å². The van der Waals surface area contributed by atoms with Gasteiger partial charge in [-0.3, -0.25) is 9.59 Å². The van der Waals surface area contributed by atoms with Gasteiger partial charge in [0.2, 0.25) is 11.8 Å². The summed E-state index contributed by atoms with van der Waals surface area (Å²) in [6, 6.07) is 5.76. The molecule has 2 heterocycles. The van der Waals surface area contributed by atoms with Gasteiger partial charge in [-0.25, -0.2) is 0 Å². The van der Waals surface area contributed by atoms with Crippen molar-refractivity contribution in [3.8, 4) is 5.75 Å². The van der Waals surface area contributed by atoms with E-state index in [1.165, 1.54) is 6.42 Å². The predicted molar refractivity (Wildman–Crippen MR) is 97.6 cm³/mol. The Kier molecular flexibility index (Phi) is 5.61. The first-order chi connectivity index (χ1) is 12.0. The SMILES string of the molecule is CC1CC(C)CN(C(=O)CCCOc2ccc3c(c2)CCC(=O)N3)C1. The average Bonchev–Trinajstić information content (AvgIpc) is 2.57. The van der Waals surface area contributed by atoms with E-state index in [4.69, 9.17) is 4.74 Å². The number of nitrogens with zero attached hydrogens (tertiary/aromatic N) is 1. The van der Waals surface area contributed by atoms with Gasteiger partial charge in [0, 0.05) is 31.6 Å². The Hall–Kier alpha value is -2.04. The molecule has 5 nitrogen and oxygen atoms in total. The lowest BCUT2D eigenvalue weighted by atomic mass is 9.91. The molecule has 0 aromatic heterocycles. The van der Waals surface area contributed by atoms with Crippen LogP contribution in [0.2, 0.25) is 0 Å². The van der Waals surface area contributed by atoms with Crippen LogP contribution in [0.5, 0.6) is 5.75 Å². The monoisotopic (exact) mass is 344 g/mol. The van der Waals surface area contributed by atoms with Crippen molar-refractivity contribution < 1.29 is 14.3 Å². The molecule has 5 heteroatoms. The molecular formula is C20H28N2O3. The minimum absolute atomic E-state index is 0.0704. The van der Waals surface area contributed by atoms with Gasteiger partial charge >= 0.3 is 0 Å². The van der Waals surface area contributed by atoms with Gasteiger partial charge in [-0.1, -0.05) is 13.8 Å². The maximum atomic E-state index is 12.4. The van der Waals surface area contributed by atoms with Crippen LogP contribution in [0.3, 0.4) is 0 Å². The van der Waals surface area contributed by atoms with E-state index in [0.29, 0.717) is 31.3 Å². The Bertz CT molecular complexity index is 634. The molecule has 0 bridgehead atoms. The first-order valence-electron chi connectivity index (χ1n) is 9.34. The van der Waals surface area contributed by atoms with Crippen molar-refractivity contribution in [2.24, 2.45) is 11.8 Å². The second-order valence-corrected chi connectivity index (χ2v) is 7.56. The third-order valence-corrected chi connectivity index (χ3v) is 5.00. The number of hydrogen-bond donors (Lipinski definition) is 1. The summed E-state index contributed by atoms with van der Waals surface area (Å²) in [4.78, 5) is 25.7. The van der Waals surface area contributed by atoms with Crippen molar-refractivity contribution >= 4 is 17.5 Å². The largest absolute Gasteiger partial charge is 0.494 e. The molecule has 136 valence electrons. The van der Waals surface area contributed by atoms with E-state index in [2.05, 4.69) is 19.2 Å². The molecule has 1 N–H and O–H groups in total. The molecule has 2 unspecified atom stereocenters. The summed E-state index contributed by atoms with van der Waals surface area (Å²) in [6.45, 7) is 6.76. The second-order valence-electron chi connectivity index (χ2n) is 7.56. The number of likely N-dealkylation sites (tertiary alicyclic amines) is 1. The van der Waals surface area contributed by atoms with Crippen LogP contribution in [-0.2, 0) is 16.0 Å². The van der Waals surface area contributed by atoms with E-state index in [9.17, 15) is 9.59 Å². The summed E-state index contributed by atoms with van der Waals surface area (Å²) in [5, 5.41) is 2.87. The quantitative estimate of drug-likeness (QED) is 0.834. The maximum absolute atomic E-state index is 12.4. The van der Waals surface area contributed by atoms with Crippen molar-refractivity contribution in [3.05, 3.63) is 23.8 Å². The van der Waals surface area contributed by atoms with Crippen LogP contribution in [0, 0.1) is 11.8 Å². The van der Waals surface area contributed by atoms with Crippen LogP contribution in [0.1, 0.15) is 45.1 Å². The van der Waals surface area contributed by atoms with E-state index >= 15 is 0 Å². The zero-order valence-corrected chi connectivity index (χ0v) is 15.2. The van der Waals surface area contributed by atoms with Crippen molar-refractivity contribution in [1.82, 2.24) is 4.90 Å². The van der Waals surface area contributed by atoms with Crippen LogP contribution in [0.25, 0.3) is 0 Å². The Labute approximate surface area is 149 Å². The summed E-state index contributed by atoms with van der Waals surface area (Å²) in [5.74, 6) is 2.32.